The summed E-state index contributed by atoms with van der Waals surface area (Å²) in [4.78, 5) is 7.87. The molecule has 0 aliphatic carbocycles. The van der Waals surface area contributed by atoms with Crippen molar-refractivity contribution in [3.8, 4) is 0 Å². The third-order valence-electron chi connectivity index (χ3n) is 2.41. The van der Waals surface area contributed by atoms with Crippen LogP contribution in [0.3, 0.4) is 0 Å². The van der Waals surface area contributed by atoms with Gasteiger partial charge in [-0.25, -0.2) is 14.4 Å². The fraction of sp³-hybridized carbons (Fsp3) is 0.167. The van der Waals surface area contributed by atoms with Crippen LogP contribution in [-0.2, 0) is 0 Å². The van der Waals surface area contributed by atoms with E-state index < -0.39 is 0 Å². The Morgan fingerprint density at radius 3 is 2.71 bits per heavy atom. The Hall–Kier alpha value is -1.68. The van der Waals surface area contributed by atoms with Crippen LogP contribution in [0, 0.1) is 19.7 Å². The zero-order chi connectivity index (χ0) is 12.4. The summed E-state index contributed by atoms with van der Waals surface area (Å²) >= 11 is 5.71. The van der Waals surface area contributed by atoms with E-state index in [0.29, 0.717) is 11.5 Å². The lowest BCUT2D eigenvalue weighted by Crippen LogP contribution is -2.01. The predicted molar refractivity (Wildman–Crippen MR) is 66.2 cm³/mol. The highest BCUT2D eigenvalue weighted by atomic mass is 35.5. The zero-order valence-electron chi connectivity index (χ0n) is 9.46. The Labute approximate surface area is 104 Å². The molecule has 0 saturated heterocycles. The molecular weight excluding hydrogens is 241 g/mol. The Morgan fingerprint density at radius 2 is 2.00 bits per heavy atom. The maximum absolute atomic E-state index is 13.6. The summed E-state index contributed by atoms with van der Waals surface area (Å²) < 4.78 is 13.6. The highest BCUT2D eigenvalue weighted by molar-refractivity contribution is 6.28. The van der Waals surface area contributed by atoms with Gasteiger partial charge < -0.3 is 5.32 Å². The van der Waals surface area contributed by atoms with Gasteiger partial charge in [0, 0.05) is 11.8 Å². The molecule has 0 aliphatic rings. The smallest absolute Gasteiger partial charge is 0.224 e. The van der Waals surface area contributed by atoms with Gasteiger partial charge in [-0.1, -0.05) is 12.1 Å². The van der Waals surface area contributed by atoms with Crippen molar-refractivity contribution in [3.63, 3.8) is 0 Å². The number of aryl methyl sites for hydroxylation is 2. The summed E-state index contributed by atoms with van der Waals surface area (Å²) in [6.45, 7) is 3.65. The van der Waals surface area contributed by atoms with Crippen LogP contribution < -0.4 is 5.32 Å². The van der Waals surface area contributed by atoms with Crippen molar-refractivity contribution >= 4 is 23.1 Å². The number of nitrogens with zero attached hydrogens (tertiary/aromatic N) is 2. The number of anilines is 2. The topological polar surface area (TPSA) is 37.8 Å². The van der Waals surface area contributed by atoms with Gasteiger partial charge >= 0.3 is 0 Å². The highest BCUT2D eigenvalue weighted by Gasteiger charge is 2.08. The largest absolute Gasteiger partial charge is 0.337 e. The number of hydrogen-bond acceptors (Lipinski definition) is 3. The second-order valence-electron chi connectivity index (χ2n) is 3.73. The number of aromatic nitrogens is 2. The van der Waals surface area contributed by atoms with Crippen LogP contribution in [-0.4, -0.2) is 9.97 Å². The van der Waals surface area contributed by atoms with Gasteiger partial charge in [0.1, 0.15) is 11.6 Å². The molecular formula is C12H11ClFN3. The maximum atomic E-state index is 13.6. The fourth-order valence-corrected chi connectivity index (χ4v) is 1.59. The Morgan fingerprint density at radius 1 is 1.24 bits per heavy atom. The van der Waals surface area contributed by atoms with Crippen molar-refractivity contribution in [1.29, 1.82) is 0 Å². The van der Waals surface area contributed by atoms with Gasteiger partial charge in [-0.05, 0) is 37.1 Å². The summed E-state index contributed by atoms with van der Waals surface area (Å²) in [5, 5.41) is 3.07. The number of para-hydroxylation sites is 1. The van der Waals surface area contributed by atoms with E-state index >= 15 is 0 Å². The van der Waals surface area contributed by atoms with E-state index in [1.165, 1.54) is 6.07 Å². The fourth-order valence-electron chi connectivity index (χ4n) is 1.46. The van der Waals surface area contributed by atoms with Crippen LogP contribution in [0.1, 0.15) is 11.1 Å². The van der Waals surface area contributed by atoms with Crippen LogP contribution in [0.4, 0.5) is 15.9 Å². The molecule has 0 aliphatic heterocycles. The highest BCUT2D eigenvalue weighted by Crippen LogP contribution is 2.24. The monoisotopic (exact) mass is 251 g/mol. The molecule has 0 unspecified atom stereocenters. The molecule has 88 valence electrons. The Balaban J connectivity index is 2.41. The van der Waals surface area contributed by atoms with Crippen molar-refractivity contribution in [2.45, 2.75) is 13.8 Å². The van der Waals surface area contributed by atoms with E-state index in [9.17, 15) is 4.39 Å². The SMILES string of the molecule is Cc1cnc(Cl)nc1Nc1c(C)cccc1F. The number of nitrogens with one attached hydrogen (secondary N) is 1. The van der Waals surface area contributed by atoms with Crippen LogP contribution in [0.5, 0.6) is 0 Å². The molecule has 1 heterocycles. The van der Waals surface area contributed by atoms with Crippen LogP contribution in [0.25, 0.3) is 0 Å². The molecule has 0 amide bonds. The number of halogens is 2. The first-order valence-corrected chi connectivity index (χ1v) is 5.47. The number of rotatable bonds is 2. The number of hydrogen-bond donors (Lipinski definition) is 1. The molecule has 1 aromatic carbocycles. The molecule has 1 N–H and O–H groups in total. The first-order chi connectivity index (χ1) is 8.08. The second-order valence-corrected chi connectivity index (χ2v) is 4.07. The summed E-state index contributed by atoms with van der Waals surface area (Å²) in [5.74, 6) is 0.192. The molecule has 0 radical (unpaired) electrons. The zero-order valence-corrected chi connectivity index (χ0v) is 10.2. The molecule has 0 fully saturated rings. The normalized spacial score (nSPS) is 10.4. The molecule has 17 heavy (non-hydrogen) atoms. The van der Waals surface area contributed by atoms with E-state index in [2.05, 4.69) is 15.3 Å². The molecule has 3 nitrogen and oxygen atoms in total. The summed E-state index contributed by atoms with van der Waals surface area (Å²) in [6.07, 6.45) is 1.59. The molecule has 2 rings (SSSR count). The van der Waals surface area contributed by atoms with Gasteiger partial charge in [0.2, 0.25) is 5.28 Å². The summed E-state index contributed by atoms with van der Waals surface area (Å²) in [5.41, 5.74) is 2.02. The van der Waals surface area contributed by atoms with Gasteiger partial charge in [-0.3, -0.25) is 0 Å². The lowest BCUT2D eigenvalue weighted by molar-refractivity contribution is 0.630. The lowest BCUT2D eigenvalue weighted by Gasteiger charge is -2.11. The summed E-state index contributed by atoms with van der Waals surface area (Å²) in [6, 6.07) is 4.88. The molecule has 1 aromatic heterocycles. The first kappa shape index (κ1) is 11.8. The van der Waals surface area contributed by atoms with E-state index in [-0.39, 0.29) is 11.1 Å². The van der Waals surface area contributed by atoms with Crippen molar-refractivity contribution in [2.24, 2.45) is 0 Å². The van der Waals surface area contributed by atoms with Crippen LogP contribution in [0.2, 0.25) is 5.28 Å². The lowest BCUT2D eigenvalue weighted by atomic mass is 10.2. The van der Waals surface area contributed by atoms with Gasteiger partial charge in [0.25, 0.3) is 0 Å². The van der Waals surface area contributed by atoms with E-state index in [4.69, 9.17) is 11.6 Å². The van der Waals surface area contributed by atoms with Crippen molar-refractivity contribution < 1.29 is 4.39 Å². The average molecular weight is 252 g/mol. The standard InChI is InChI=1S/C12H11ClFN3/c1-7-4-3-5-9(14)10(7)16-11-8(2)6-15-12(13)17-11/h3-6H,1-2H3,(H,15,16,17). The third kappa shape index (κ3) is 2.53. The minimum atomic E-state index is -0.320. The van der Waals surface area contributed by atoms with Gasteiger partial charge in [-0.15, -0.1) is 0 Å². The maximum Gasteiger partial charge on any atom is 0.224 e. The predicted octanol–water partition coefficient (Wildman–Crippen LogP) is 3.63. The Kier molecular flexibility index (Phi) is 3.24. The van der Waals surface area contributed by atoms with E-state index in [1.54, 1.807) is 12.3 Å². The van der Waals surface area contributed by atoms with Crippen LogP contribution in [0.15, 0.2) is 24.4 Å². The van der Waals surface area contributed by atoms with Gasteiger partial charge in [0.15, 0.2) is 0 Å². The van der Waals surface area contributed by atoms with Crippen molar-refractivity contribution in [2.75, 3.05) is 5.32 Å². The summed E-state index contributed by atoms with van der Waals surface area (Å²) in [7, 11) is 0. The average Bonchev–Trinajstić information content (AvgIpc) is 2.28. The Bertz CT molecular complexity index is 537. The van der Waals surface area contributed by atoms with Gasteiger partial charge in [-0.2, -0.15) is 0 Å². The van der Waals surface area contributed by atoms with Gasteiger partial charge in [0.05, 0.1) is 5.69 Å². The number of benzene rings is 1. The third-order valence-corrected chi connectivity index (χ3v) is 2.59. The van der Waals surface area contributed by atoms with Crippen LogP contribution >= 0.6 is 11.6 Å². The molecule has 0 atom stereocenters. The second kappa shape index (κ2) is 4.67. The van der Waals surface area contributed by atoms with Crippen molar-refractivity contribution in [3.05, 3.63) is 46.6 Å². The minimum absolute atomic E-state index is 0.132. The molecule has 5 heteroatoms. The quantitative estimate of drug-likeness (QED) is 0.829. The van der Waals surface area contributed by atoms with E-state index in [1.807, 2.05) is 19.9 Å². The minimum Gasteiger partial charge on any atom is -0.337 e. The first-order valence-electron chi connectivity index (χ1n) is 5.09. The van der Waals surface area contributed by atoms with E-state index in [0.717, 1.165) is 11.1 Å². The molecule has 0 bridgehead atoms. The molecule has 0 spiro atoms. The molecule has 2 aromatic rings. The molecule has 0 saturated carbocycles. The van der Waals surface area contributed by atoms with Crippen molar-refractivity contribution in [1.82, 2.24) is 9.97 Å².